The second kappa shape index (κ2) is 4.05. The third-order valence-electron chi connectivity index (χ3n) is 0.666. The Labute approximate surface area is 61.0 Å². The molecule has 0 nitrogen and oxygen atoms in total. The first kappa shape index (κ1) is 10.1. The number of hydrogen-bond acceptors (Lipinski definition) is 1. The van der Waals surface area contributed by atoms with E-state index >= 15 is 0 Å². The second-order valence-corrected chi connectivity index (χ2v) is 2.74. The average molecular weight is 175 g/mol. The van der Waals surface area contributed by atoms with Gasteiger partial charge in [0.05, 0.1) is 0 Å². The minimum absolute atomic E-state index is 0.0979. The van der Waals surface area contributed by atoms with Crippen LogP contribution in [0, 0.1) is 6.92 Å². The molecule has 0 saturated carbocycles. The lowest BCUT2D eigenvalue weighted by Gasteiger charge is -2.10. The van der Waals surface area contributed by atoms with Gasteiger partial charge in [-0.2, -0.15) is 13.2 Å². The molecule has 0 heterocycles. The van der Waals surface area contributed by atoms with Gasteiger partial charge in [0.25, 0.3) is 0 Å². The van der Waals surface area contributed by atoms with Crippen LogP contribution >= 0.6 is 11.8 Å². The van der Waals surface area contributed by atoms with Crippen LogP contribution in [-0.2, 0) is 0 Å². The average Bonchev–Trinajstić information content (AvgIpc) is 1.80. The summed E-state index contributed by atoms with van der Waals surface area (Å²) in [5.74, 6) is 0.0979. The van der Waals surface area contributed by atoms with E-state index < -0.39 is 11.7 Å². The molecule has 0 aromatic rings. The van der Waals surface area contributed by atoms with Crippen LogP contribution in [0.25, 0.3) is 0 Å². The number of rotatable bonds is 3. The molecule has 0 aliphatic carbocycles. The Morgan fingerprint density at radius 1 is 1.40 bits per heavy atom. The molecular formula is C5H7F4S. The fourth-order valence-electron chi connectivity index (χ4n) is 0.281. The molecule has 61 valence electrons. The lowest BCUT2D eigenvalue weighted by molar-refractivity contribution is -0.153. The lowest BCUT2D eigenvalue weighted by Crippen LogP contribution is -2.21. The summed E-state index contributed by atoms with van der Waals surface area (Å²) in [6.07, 6.45) is -4.42. The van der Waals surface area contributed by atoms with Crippen LogP contribution < -0.4 is 0 Å². The van der Waals surface area contributed by atoms with Crippen molar-refractivity contribution < 1.29 is 17.6 Å². The monoisotopic (exact) mass is 175 g/mol. The van der Waals surface area contributed by atoms with Gasteiger partial charge in [-0.15, -0.1) is 11.8 Å². The fraction of sp³-hybridized carbons (Fsp3) is 0.800. The van der Waals surface area contributed by atoms with Crippen molar-refractivity contribution >= 4 is 11.8 Å². The summed E-state index contributed by atoms with van der Waals surface area (Å²) in [5, 5.41) is 0. The maximum Gasteiger partial charge on any atom is 0.429 e. The van der Waals surface area contributed by atoms with Crippen LogP contribution in [0.1, 0.15) is 6.42 Å². The van der Waals surface area contributed by atoms with Crippen LogP contribution in [0.15, 0.2) is 0 Å². The molecule has 0 aromatic heterocycles. The van der Waals surface area contributed by atoms with Crippen molar-refractivity contribution in [2.24, 2.45) is 0 Å². The summed E-state index contributed by atoms with van der Waals surface area (Å²) in [6.45, 7) is 3.28. The Kier molecular flexibility index (Phi) is 4.08. The molecule has 1 unspecified atom stereocenters. The zero-order chi connectivity index (χ0) is 8.20. The third kappa shape index (κ3) is 3.98. The van der Waals surface area contributed by atoms with Crippen molar-refractivity contribution in [1.29, 1.82) is 0 Å². The maximum absolute atomic E-state index is 11.9. The van der Waals surface area contributed by atoms with Crippen molar-refractivity contribution in [3.8, 4) is 0 Å². The molecule has 0 spiro atoms. The van der Waals surface area contributed by atoms with Crippen molar-refractivity contribution in [3.63, 3.8) is 0 Å². The van der Waals surface area contributed by atoms with Gasteiger partial charge in [-0.05, 0) is 12.2 Å². The first-order valence-electron chi connectivity index (χ1n) is 2.60. The zero-order valence-corrected chi connectivity index (χ0v) is 5.94. The Bertz CT molecular complexity index is 90.1. The minimum atomic E-state index is -4.72. The van der Waals surface area contributed by atoms with Crippen LogP contribution in [0.4, 0.5) is 17.6 Å². The van der Waals surface area contributed by atoms with Gasteiger partial charge >= 0.3 is 6.18 Å². The highest BCUT2D eigenvalue weighted by atomic mass is 32.2. The highest BCUT2D eigenvalue weighted by Gasteiger charge is 2.40. The van der Waals surface area contributed by atoms with Gasteiger partial charge in [-0.3, -0.25) is 0 Å². The molecule has 0 bridgehead atoms. The normalized spacial score (nSPS) is 15.3. The van der Waals surface area contributed by atoms with E-state index in [1.807, 2.05) is 0 Å². The van der Waals surface area contributed by atoms with E-state index in [1.54, 1.807) is 0 Å². The Balaban J connectivity index is 3.52. The molecule has 10 heavy (non-hydrogen) atoms. The molecule has 1 atom stereocenters. The number of hydrogen-bond donors (Lipinski definition) is 0. The van der Waals surface area contributed by atoms with E-state index in [0.29, 0.717) is 6.42 Å². The van der Waals surface area contributed by atoms with Gasteiger partial charge in [-0.25, -0.2) is 4.39 Å². The number of halogens is 4. The molecule has 1 radical (unpaired) electrons. The summed E-state index contributed by atoms with van der Waals surface area (Å²) in [5.41, 5.74) is -2.76. The van der Waals surface area contributed by atoms with Crippen LogP contribution in [-0.4, -0.2) is 17.4 Å². The quantitative estimate of drug-likeness (QED) is 0.594. The van der Waals surface area contributed by atoms with Crippen molar-refractivity contribution in [3.05, 3.63) is 6.92 Å². The van der Waals surface area contributed by atoms with Crippen LogP contribution in [0.2, 0.25) is 0 Å². The summed E-state index contributed by atoms with van der Waals surface area (Å²) >= 11 is 0.229. The van der Waals surface area contributed by atoms with E-state index in [9.17, 15) is 17.6 Å². The van der Waals surface area contributed by atoms with Crippen LogP contribution in [0.3, 0.4) is 0 Å². The van der Waals surface area contributed by atoms with E-state index in [1.165, 1.54) is 0 Å². The molecule has 0 rings (SSSR count). The number of thioether (sulfide) groups is 1. The van der Waals surface area contributed by atoms with E-state index in [4.69, 9.17) is 0 Å². The van der Waals surface area contributed by atoms with Gasteiger partial charge in [0.15, 0.2) is 0 Å². The van der Waals surface area contributed by atoms with Crippen LogP contribution in [0.5, 0.6) is 0 Å². The molecule has 0 amide bonds. The fourth-order valence-corrected chi connectivity index (χ4v) is 0.844. The van der Waals surface area contributed by atoms with Crippen molar-refractivity contribution in [2.45, 2.75) is 18.1 Å². The first-order valence-corrected chi connectivity index (χ1v) is 3.65. The van der Waals surface area contributed by atoms with Gasteiger partial charge in [0.1, 0.15) is 0 Å². The molecule has 0 N–H and O–H groups in total. The highest BCUT2D eigenvalue weighted by Crippen LogP contribution is 2.31. The lowest BCUT2D eigenvalue weighted by atomic mass is 10.6. The Hall–Kier alpha value is 0.0700. The van der Waals surface area contributed by atoms with Gasteiger partial charge in [0.2, 0.25) is 5.50 Å². The number of alkyl halides is 4. The van der Waals surface area contributed by atoms with E-state index in [2.05, 4.69) is 6.92 Å². The third-order valence-corrected chi connectivity index (χ3v) is 1.75. The summed E-state index contributed by atoms with van der Waals surface area (Å²) < 4.78 is 46.0. The Morgan fingerprint density at radius 2 is 1.90 bits per heavy atom. The van der Waals surface area contributed by atoms with Gasteiger partial charge < -0.3 is 0 Å². The second-order valence-electron chi connectivity index (χ2n) is 1.58. The first-order chi connectivity index (χ1) is 4.48. The van der Waals surface area contributed by atoms with Crippen molar-refractivity contribution in [1.82, 2.24) is 0 Å². The van der Waals surface area contributed by atoms with E-state index in [0.717, 1.165) is 0 Å². The zero-order valence-electron chi connectivity index (χ0n) is 5.12. The van der Waals surface area contributed by atoms with E-state index in [-0.39, 0.29) is 17.5 Å². The smallest absolute Gasteiger partial charge is 0.225 e. The molecular weight excluding hydrogens is 168 g/mol. The minimum Gasteiger partial charge on any atom is -0.225 e. The van der Waals surface area contributed by atoms with Gasteiger partial charge in [0, 0.05) is 0 Å². The molecule has 0 fully saturated rings. The molecule has 0 saturated heterocycles. The molecule has 5 heteroatoms. The largest absolute Gasteiger partial charge is 0.429 e. The summed E-state index contributed by atoms with van der Waals surface area (Å²) in [6, 6.07) is 0. The molecule has 0 aliphatic rings. The maximum atomic E-state index is 11.9. The predicted molar refractivity (Wildman–Crippen MR) is 33.4 cm³/mol. The summed E-state index contributed by atoms with van der Waals surface area (Å²) in [4.78, 5) is 0. The van der Waals surface area contributed by atoms with Gasteiger partial charge in [-0.1, -0.05) is 6.92 Å². The standard InChI is InChI=1S/C5H7F4S/c1-2-3-10-4(6)5(7,8)9/h4H,1-3H2. The highest BCUT2D eigenvalue weighted by molar-refractivity contribution is 7.99. The Morgan fingerprint density at radius 3 is 2.20 bits per heavy atom. The van der Waals surface area contributed by atoms with Crippen molar-refractivity contribution in [2.75, 3.05) is 5.75 Å². The summed E-state index contributed by atoms with van der Waals surface area (Å²) in [7, 11) is 0. The SMILES string of the molecule is [CH2]CCSC(F)C(F)(F)F. The predicted octanol–water partition coefficient (Wildman–Crippen LogP) is 2.80. The molecule has 0 aromatic carbocycles. The topological polar surface area (TPSA) is 0 Å². The molecule has 0 aliphatic heterocycles.